The van der Waals surface area contributed by atoms with Gasteiger partial charge in [0.25, 0.3) is 6.43 Å². The van der Waals surface area contributed by atoms with Crippen LogP contribution in [0.4, 0.5) is 8.78 Å². The van der Waals surface area contributed by atoms with E-state index in [4.69, 9.17) is 9.26 Å². The highest BCUT2D eigenvalue weighted by Gasteiger charge is 2.31. The monoisotopic (exact) mass is 458 g/mol. The Morgan fingerprint density at radius 3 is 1.63 bits per heavy atom. The van der Waals surface area contributed by atoms with Crippen molar-refractivity contribution >= 4 is 13.8 Å². The van der Waals surface area contributed by atoms with E-state index < -0.39 is 32.9 Å². The Hall–Kier alpha value is -0.560. The molecular formula is C21H41F2O6P. The highest BCUT2D eigenvalue weighted by atomic mass is 31.2. The van der Waals surface area contributed by atoms with E-state index in [9.17, 15) is 18.1 Å². The van der Waals surface area contributed by atoms with Crippen LogP contribution in [0.2, 0.25) is 0 Å². The number of ether oxygens (including phenoxy) is 1. The molecule has 0 rings (SSSR count). The Balaban J connectivity index is 3.73. The van der Waals surface area contributed by atoms with Gasteiger partial charge in [0, 0.05) is 20.6 Å². The quantitative estimate of drug-likeness (QED) is 0.104. The molecule has 1 atom stereocenters. The SMILES string of the molecule is CCCCCCCCCCCCCCCC(=O)O[C@H](COP(=O)(OC)OC)C(F)F. The fourth-order valence-corrected chi connectivity index (χ4v) is 3.71. The van der Waals surface area contributed by atoms with Crippen molar-refractivity contribution in [1.29, 1.82) is 0 Å². The average Bonchev–Trinajstić information content (AvgIpc) is 2.73. The van der Waals surface area contributed by atoms with Gasteiger partial charge in [-0.3, -0.25) is 18.4 Å². The highest BCUT2D eigenvalue weighted by molar-refractivity contribution is 7.48. The fraction of sp³-hybridized carbons (Fsp3) is 0.952. The van der Waals surface area contributed by atoms with E-state index in [2.05, 4.69) is 16.0 Å². The molecule has 0 saturated heterocycles. The standard InChI is InChI=1S/C21H41F2O6P/c1-4-5-6-7-8-9-10-11-12-13-14-15-16-17-20(24)29-19(21(22)23)18-28-30(25,26-2)27-3/h19,21H,4-18H2,1-3H3/t19-/m1/s1. The summed E-state index contributed by atoms with van der Waals surface area (Å²) in [6, 6.07) is 0. The number of phosphoric acid groups is 1. The highest BCUT2D eigenvalue weighted by Crippen LogP contribution is 2.47. The summed E-state index contributed by atoms with van der Waals surface area (Å²) in [4.78, 5) is 11.8. The summed E-state index contributed by atoms with van der Waals surface area (Å²) in [6.45, 7) is 1.46. The number of alkyl halides is 2. The first kappa shape index (κ1) is 29.4. The number of hydrogen-bond donors (Lipinski definition) is 0. The van der Waals surface area contributed by atoms with Crippen molar-refractivity contribution in [2.45, 2.75) is 109 Å². The van der Waals surface area contributed by atoms with Crippen molar-refractivity contribution in [2.24, 2.45) is 0 Å². The molecular weight excluding hydrogens is 417 g/mol. The van der Waals surface area contributed by atoms with Gasteiger partial charge in [0.1, 0.15) is 6.61 Å². The van der Waals surface area contributed by atoms with Crippen LogP contribution in [-0.2, 0) is 27.7 Å². The minimum Gasteiger partial charge on any atom is -0.454 e. The van der Waals surface area contributed by atoms with E-state index in [1.54, 1.807) is 0 Å². The predicted molar refractivity (Wildman–Crippen MR) is 114 cm³/mol. The molecule has 0 bridgehead atoms. The molecule has 0 aromatic heterocycles. The molecule has 0 saturated carbocycles. The first-order valence-electron chi connectivity index (χ1n) is 11.2. The van der Waals surface area contributed by atoms with Crippen LogP contribution in [0.1, 0.15) is 96.8 Å². The Morgan fingerprint density at radius 2 is 1.23 bits per heavy atom. The smallest absolute Gasteiger partial charge is 0.454 e. The lowest BCUT2D eigenvalue weighted by Gasteiger charge is -2.19. The number of unbranched alkanes of at least 4 members (excludes halogenated alkanes) is 12. The number of phosphoric ester groups is 1. The van der Waals surface area contributed by atoms with Gasteiger partial charge in [-0.25, -0.2) is 13.3 Å². The van der Waals surface area contributed by atoms with Crippen molar-refractivity contribution in [3.63, 3.8) is 0 Å². The molecule has 0 amide bonds. The summed E-state index contributed by atoms with van der Waals surface area (Å²) >= 11 is 0. The lowest BCUT2D eigenvalue weighted by molar-refractivity contribution is -0.160. The van der Waals surface area contributed by atoms with Crippen molar-refractivity contribution in [1.82, 2.24) is 0 Å². The topological polar surface area (TPSA) is 71.1 Å². The molecule has 0 N–H and O–H groups in total. The normalized spacial score (nSPS) is 13.0. The fourth-order valence-electron chi connectivity index (χ4n) is 3.02. The Bertz CT molecular complexity index is 457. The van der Waals surface area contributed by atoms with E-state index in [0.717, 1.165) is 33.5 Å². The van der Waals surface area contributed by atoms with Gasteiger partial charge < -0.3 is 4.74 Å². The van der Waals surface area contributed by atoms with Crippen LogP contribution in [0.3, 0.4) is 0 Å². The molecule has 9 heteroatoms. The van der Waals surface area contributed by atoms with Gasteiger partial charge >= 0.3 is 13.8 Å². The molecule has 30 heavy (non-hydrogen) atoms. The molecule has 0 heterocycles. The van der Waals surface area contributed by atoms with Crippen LogP contribution in [0.5, 0.6) is 0 Å². The molecule has 0 fully saturated rings. The number of halogens is 2. The van der Waals surface area contributed by atoms with Gasteiger partial charge in [0.15, 0.2) is 6.10 Å². The lowest BCUT2D eigenvalue weighted by Crippen LogP contribution is -2.30. The second-order valence-electron chi connectivity index (χ2n) is 7.46. The molecule has 0 aromatic rings. The van der Waals surface area contributed by atoms with Gasteiger partial charge in [0.2, 0.25) is 0 Å². The molecule has 180 valence electrons. The summed E-state index contributed by atoms with van der Waals surface area (Å²) in [6.07, 6.45) is 10.6. The Morgan fingerprint density at radius 1 is 0.800 bits per heavy atom. The molecule has 0 unspecified atom stereocenters. The van der Waals surface area contributed by atoms with E-state index in [-0.39, 0.29) is 6.42 Å². The maximum atomic E-state index is 13.0. The third-order valence-corrected chi connectivity index (χ3v) is 6.25. The van der Waals surface area contributed by atoms with Crippen molar-refractivity contribution < 1.29 is 36.4 Å². The molecule has 0 aromatic carbocycles. The van der Waals surface area contributed by atoms with Crippen LogP contribution in [0.25, 0.3) is 0 Å². The van der Waals surface area contributed by atoms with Gasteiger partial charge in [0.05, 0.1) is 0 Å². The summed E-state index contributed by atoms with van der Waals surface area (Å²) in [5.74, 6) is -0.711. The van der Waals surface area contributed by atoms with Crippen molar-refractivity contribution in [2.75, 3.05) is 20.8 Å². The van der Waals surface area contributed by atoms with Crippen LogP contribution in [0.15, 0.2) is 0 Å². The van der Waals surface area contributed by atoms with Gasteiger partial charge in [-0.05, 0) is 6.42 Å². The maximum Gasteiger partial charge on any atom is 0.474 e. The summed E-state index contributed by atoms with van der Waals surface area (Å²) in [7, 11) is -1.75. The maximum absolute atomic E-state index is 13.0. The van der Waals surface area contributed by atoms with E-state index in [1.165, 1.54) is 57.8 Å². The minimum absolute atomic E-state index is 0.0766. The number of esters is 1. The third kappa shape index (κ3) is 16.2. The molecule has 0 spiro atoms. The zero-order valence-electron chi connectivity index (χ0n) is 18.9. The van der Waals surface area contributed by atoms with Crippen molar-refractivity contribution in [3.05, 3.63) is 0 Å². The van der Waals surface area contributed by atoms with Crippen LogP contribution >= 0.6 is 7.82 Å². The summed E-state index contributed by atoms with van der Waals surface area (Å²) in [5.41, 5.74) is 0. The third-order valence-electron chi connectivity index (χ3n) is 4.89. The second kappa shape index (κ2) is 19.1. The number of carbonyl (C=O) groups excluding carboxylic acids is 1. The molecule has 0 aliphatic rings. The molecule has 0 aliphatic carbocycles. The van der Waals surface area contributed by atoms with Gasteiger partial charge in [-0.1, -0.05) is 84.0 Å². The zero-order chi connectivity index (χ0) is 22.7. The molecule has 6 nitrogen and oxygen atoms in total. The average molecular weight is 459 g/mol. The lowest BCUT2D eigenvalue weighted by atomic mass is 10.0. The van der Waals surface area contributed by atoms with E-state index in [1.807, 2.05) is 0 Å². The Kier molecular flexibility index (Phi) is 18.8. The largest absolute Gasteiger partial charge is 0.474 e. The number of rotatable bonds is 21. The number of hydrogen-bond acceptors (Lipinski definition) is 6. The minimum atomic E-state index is -3.89. The van der Waals surface area contributed by atoms with Gasteiger partial charge in [-0.15, -0.1) is 0 Å². The molecule has 0 aliphatic heterocycles. The Labute approximate surface area is 181 Å². The van der Waals surface area contributed by atoms with Crippen LogP contribution in [0, 0.1) is 0 Å². The van der Waals surface area contributed by atoms with E-state index in [0.29, 0.717) is 6.42 Å². The van der Waals surface area contributed by atoms with Crippen molar-refractivity contribution in [3.8, 4) is 0 Å². The summed E-state index contributed by atoms with van der Waals surface area (Å²) in [5, 5.41) is 0. The van der Waals surface area contributed by atoms with Gasteiger partial charge in [-0.2, -0.15) is 0 Å². The van der Waals surface area contributed by atoms with Crippen LogP contribution < -0.4 is 0 Å². The second-order valence-corrected chi connectivity index (χ2v) is 9.35. The first-order chi connectivity index (χ1) is 14.4. The zero-order valence-corrected chi connectivity index (χ0v) is 19.8. The van der Waals surface area contributed by atoms with E-state index >= 15 is 0 Å². The molecule has 0 radical (unpaired) electrons. The van der Waals surface area contributed by atoms with Crippen LogP contribution in [-0.4, -0.2) is 39.3 Å². The first-order valence-corrected chi connectivity index (χ1v) is 12.7. The number of carbonyl (C=O) groups is 1. The predicted octanol–water partition coefficient (Wildman–Crippen LogP) is 7.06. The summed E-state index contributed by atoms with van der Waals surface area (Å²) < 4.78 is 56.2.